The molecule has 0 aromatic heterocycles. The lowest BCUT2D eigenvalue weighted by atomic mass is 9.87. The van der Waals surface area contributed by atoms with Gasteiger partial charge < -0.3 is 20.5 Å². The second-order valence-corrected chi connectivity index (χ2v) is 6.48. The summed E-state index contributed by atoms with van der Waals surface area (Å²) < 4.78 is 5.10. The lowest BCUT2D eigenvalue weighted by molar-refractivity contribution is -0.116. The van der Waals surface area contributed by atoms with E-state index in [1.54, 1.807) is 7.11 Å². The molecular formula is C18H28N2O3. The molecule has 1 fully saturated rings. The van der Waals surface area contributed by atoms with Crippen molar-refractivity contribution < 1.29 is 14.6 Å². The molecule has 0 aliphatic heterocycles. The van der Waals surface area contributed by atoms with Crippen molar-refractivity contribution in [3.8, 4) is 5.75 Å². The smallest absolute Gasteiger partial charge is 0.225 e. The van der Waals surface area contributed by atoms with Crippen molar-refractivity contribution in [1.29, 1.82) is 0 Å². The number of aliphatic hydroxyl groups is 1. The molecule has 5 nitrogen and oxygen atoms in total. The number of amides is 1. The highest BCUT2D eigenvalue weighted by Gasteiger charge is 2.20. The Balaban J connectivity index is 1.69. The van der Waals surface area contributed by atoms with Gasteiger partial charge in [-0.1, -0.05) is 6.42 Å². The zero-order valence-electron chi connectivity index (χ0n) is 14.0. The average molecular weight is 320 g/mol. The number of nitrogens with one attached hydrogen (secondary N) is 2. The minimum atomic E-state index is -0.149. The largest absolute Gasteiger partial charge is 0.497 e. The number of rotatable bonds is 7. The van der Waals surface area contributed by atoms with Crippen LogP contribution in [0.5, 0.6) is 5.75 Å². The third-order valence-corrected chi connectivity index (χ3v) is 4.38. The number of aliphatic hydroxyl groups excluding tert-OH is 1. The van der Waals surface area contributed by atoms with E-state index in [0.717, 1.165) is 43.7 Å². The molecule has 1 aliphatic rings. The summed E-state index contributed by atoms with van der Waals surface area (Å²) in [6.07, 6.45) is 4.34. The van der Waals surface area contributed by atoms with Crippen LogP contribution in [0.2, 0.25) is 0 Å². The molecule has 3 atom stereocenters. The summed E-state index contributed by atoms with van der Waals surface area (Å²) in [5.74, 6) is 1.29. The van der Waals surface area contributed by atoms with Gasteiger partial charge in [0.15, 0.2) is 0 Å². The summed E-state index contributed by atoms with van der Waals surface area (Å²) in [7, 11) is 1.62. The SMILES string of the molecule is COc1ccc(NC(=O)CC(C)NCC2CCCC(O)C2)cc1. The van der Waals surface area contributed by atoms with E-state index in [0.29, 0.717) is 12.3 Å². The molecule has 2 rings (SSSR count). The van der Waals surface area contributed by atoms with Gasteiger partial charge in [-0.2, -0.15) is 0 Å². The van der Waals surface area contributed by atoms with E-state index in [1.807, 2.05) is 31.2 Å². The first-order chi connectivity index (χ1) is 11.1. The standard InChI is InChI=1S/C18H28N2O3/c1-13(19-12-14-4-3-5-16(21)11-14)10-18(22)20-15-6-8-17(23-2)9-7-15/h6-9,13-14,16,19,21H,3-5,10-12H2,1-2H3,(H,20,22). The molecule has 0 heterocycles. The Morgan fingerprint density at radius 3 is 2.74 bits per heavy atom. The molecule has 128 valence electrons. The minimum absolute atomic E-state index is 0.00107. The zero-order valence-corrected chi connectivity index (χ0v) is 14.0. The van der Waals surface area contributed by atoms with Gasteiger partial charge >= 0.3 is 0 Å². The number of anilines is 1. The molecule has 0 spiro atoms. The molecule has 1 aromatic rings. The average Bonchev–Trinajstić information content (AvgIpc) is 2.53. The fourth-order valence-electron chi connectivity index (χ4n) is 3.05. The molecule has 1 amide bonds. The predicted octanol–water partition coefficient (Wildman–Crippen LogP) is 2.55. The van der Waals surface area contributed by atoms with Crippen molar-refractivity contribution in [3.63, 3.8) is 0 Å². The Hall–Kier alpha value is -1.59. The van der Waals surface area contributed by atoms with Crippen LogP contribution in [-0.2, 0) is 4.79 Å². The normalized spacial score (nSPS) is 22.4. The third-order valence-electron chi connectivity index (χ3n) is 4.38. The van der Waals surface area contributed by atoms with Gasteiger partial charge in [0.25, 0.3) is 0 Å². The Bertz CT molecular complexity index is 490. The van der Waals surface area contributed by atoms with Crippen LogP contribution in [0.4, 0.5) is 5.69 Å². The molecule has 3 unspecified atom stereocenters. The molecule has 5 heteroatoms. The van der Waals surface area contributed by atoms with E-state index in [4.69, 9.17) is 4.74 Å². The number of benzene rings is 1. The van der Waals surface area contributed by atoms with Crippen molar-refractivity contribution in [3.05, 3.63) is 24.3 Å². The number of carbonyl (C=O) groups excluding carboxylic acids is 1. The molecule has 1 saturated carbocycles. The van der Waals surface area contributed by atoms with Crippen LogP contribution in [0.3, 0.4) is 0 Å². The van der Waals surface area contributed by atoms with Crippen molar-refractivity contribution in [1.82, 2.24) is 5.32 Å². The highest BCUT2D eigenvalue weighted by molar-refractivity contribution is 5.91. The lowest BCUT2D eigenvalue weighted by Crippen LogP contribution is -2.36. The Morgan fingerprint density at radius 1 is 1.35 bits per heavy atom. The van der Waals surface area contributed by atoms with Crippen molar-refractivity contribution in [2.75, 3.05) is 19.0 Å². The Morgan fingerprint density at radius 2 is 2.09 bits per heavy atom. The van der Waals surface area contributed by atoms with Crippen LogP contribution >= 0.6 is 0 Å². The van der Waals surface area contributed by atoms with E-state index in [2.05, 4.69) is 10.6 Å². The van der Waals surface area contributed by atoms with Crippen LogP contribution in [0.1, 0.15) is 39.0 Å². The summed E-state index contributed by atoms with van der Waals surface area (Å²) in [6.45, 7) is 2.89. The second-order valence-electron chi connectivity index (χ2n) is 6.48. The summed E-state index contributed by atoms with van der Waals surface area (Å²) >= 11 is 0. The van der Waals surface area contributed by atoms with Crippen LogP contribution in [-0.4, -0.2) is 36.8 Å². The fraction of sp³-hybridized carbons (Fsp3) is 0.611. The third kappa shape index (κ3) is 6.20. The number of carbonyl (C=O) groups is 1. The first kappa shape index (κ1) is 17.8. The molecule has 0 saturated heterocycles. The molecule has 23 heavy (non-hydrogen) atoms. The van der Waals surface area contributed by atoms with Crippen molar-refractivity contribution in [2.45, 2.75) is 51.2 Å². The minimum Gasteiger partial charge on any atom is -0.497 e. The van der Waals surface area contributed by atoms with Crippen LogP contribution in [0.15, 0.2) is 24.3 Å². The second kappa shape index (κ2) is 8.89. The summed E-state index contributed by atoms with van der Waals surface area (Å²) in [4.78, 5) is 12.1. The van der Waals surface area contributed by atoms with E-state index in [-0.39, 0.29) is 18.1 Å². The highest BCUT2D eigenvalue weighted by atomic mass is 16.5. The summed E-state index contributed by atoms with van der Waals surface area (Å²) in [6, 6.07) is 7.43. The summed E-state index contributed by atoms with van der Waals surface area (Å²) in [5.41, 5.74) is 0.776. The van der Waals surface area contributed by atoms with Crippen molar-refractivity contribution >= 4 is 11.6 Å². The van der Waals surface area contributed by atoms with E-state index >= 15 is 0 Å². The van der Waals surface area contributed by atoms with Gasteiger partial charge in [0.05, 0.1) is 13.2 Å². The van der Waals surface area contributed by atoms with Gasteiger partial charge in [-0.25, -0.2) is 0 Å². The molecule has 0 radical (unpaired) electrons. The highest BCUT2D eigenvalue weighted by Crippen LogP contribution is 2.23. The van der Waals surface area contributed by atoms with E-state index < -0.39 is 0 Å². The number of hydrogen-bond acceptors (Lipinski definition) is 4. The van der Waals surface area contributed by atoms with E-state index in [1.165, 1.54) is 0 Å². The molecule has 1 aromatic carbocycles. The lowest BCUT2D eigenvalue weighted by Gasteiger charge is -2.27. The van der Waals surface area contributed by atoms with Crippen molar-refractivity contribution in [2.24, 2.45) is 5.92 Å². The number of ether oxygens (including phenoxy) is 1. The Kier molecular flexibility index (Phi) is 6.86. The quantitative estimate of drug-likeness (QED) is 0.722. The molecular weight excluding hydrogens is 292 g/mol. The first-order valence-corrected chi connectivity index (χ1v) is 8.42. The topological polar surface area (TPSA) is 70.6 Å². The van der Waals surface area contributed by atoms with Crippen LogP contribution < -0.4 is 15.4 Å². The van der Waals surface area contributed by atoms with Crippen LogP contribution in [0.25, 0.3) is 0 Å². The monoisotopic (exact) mass is 320 g/mol. The van der Waals surface area contributed by atoms with Gasteiger partial charge in [-0.3, -0.25) is 4.79 Å². The maximum atomic E-state index is 12.1. The van der Waals surface area contributed by atoms with Crippen LogP contribution in [0, 0.1) is 5.92 Å². The maximum Gasteiger partial charge on any atom is 0.225 e. The van der Waals surface area contributed by atoms with Gasteiger partial charge in [0.2, 0.25) is 5.91 Å². The summed E-state index contributed by atoms with van der Waals surface area (Å²) in [5, 5.41) is 16.0. The molecule has 1 aliphatic carbocycles. The van der Waals surface area contributed by atoms with Gasteiger partial charge in [0, 0.05) is 18.2 Å². The predicted molar refractivity (Wildman–Crippen MR) is 91.7 cm³/mol. The zero-order chi connectivity index (χ0) is 16.7. The molecule has 3 N–H and O–H groups in total. The van der Waals surface area contributed by atoms with E-state index in [9.17, 15) is 9.90 Å². The Labute approximate surface area is 138 Å². The van der Waals surface area contributed by atoms with Gasteiger partial charge in [0.1, 0.15) is 5.75 Å². The fourth-order valence-corrected chi connectivity index (χ4v) is 3.05. The van der Waals surface area contributed by atoms with Gasteiger partial charge in [-0.05, 0) is 62.9 Å². The van der Waals surface area contributed by atoms with Gasteiger partial charge in [-0.15, -0.1) is 0 Å². The number of hydrogen-bond donors (Lipinski definition) is 3. The maximum absolute atomic E-state index is 12.1. The molecule has 0 bridgehead atoms. The number of methoxy groups -OCH3 is 1. The first-order valence-electron chi connectivity index (χ1n) is 8.42.